The van der Waals surface area contributed by atoms with Crippen LogP contribution in [0.2, 0.25) is 0 Å². The average molecular weight is 276 g/mol. The van der Waals surface area contributed by atoms with E-state index in [1.165, 1.54) is 6.20 Å². The van der Waals surface area contributed by atoms with Crippen molar-refractivity contribution >= 4 is 33.7 Å². The number of carboxylic acid groups (broad SMARTS) is 1. The summed E-state index contributed by atoms with van der Waals surface area (Å²) in [6.45, 7) is 4.07. The molecule has 76 valence electrons. The molecule has 1 aromatic heterocycles. The van der Waals surface area contributed by atoms with Crippen LogP contribution < -0.4 is 0 Å². The normalized spacial score (nSPS) is 10.6. The summed E-state index contributed by atoms with van der Waals surface area (Å²) in [7, 11) is 0. The number of halogens is 1. The van der Waals surface area contributed by atoms with E-state index in [4.69, 9.17) is 5.11 Å². The number of hydrogen-bond donors (Lipinski definition) is 1. The fourth-order valence-electron chi connectivity index (χ4n) is 0.889. The second-order valence-corrected chi connectivity index (χ2v) is 5.43. The van der Waals surface area contributed by atoms with Crippen molar-refractivity contribution in [3.63, 3.8) is 0 Å². The number of pyridine rings is 1. The Hall–Kier alpha value is -0.550. The third-order valence-electron chi connectivity index (χ3n) is 1.42. The molecule has 0 fully saturated rings. The Balaban J connectivity index is 3.00. The fraction of sp³-hybridized carbons (Fsp3) is 0.333. The highest BCUT2D eigenvalue weighted by atomic mass is 79.9. The van der Waals surface area contributed by atoms with Gasteiger partial charge in [-0.25, -0.2) is 9.78 Å². The number of carbonyl (C=O) groups is 1. The number of hydrogen-bond acceptors (Lipinski definition) is 3. The third-order valence-corrected chi connectivity index (χ3v) is 2.99. The first kappa shape index (κ1) is 11.5. The first-order valence-electron chi connectivity index (χ1n) is 4.06. The molecule has 0 unspecified atom stereocenters. The van der Waals surface area contributed by atoms with E-state index in [1.54, 1.807) is 17.8 Å². The minimum atomic E-state index is -0.940. The second-order valence-electron chi connectivity index (χ2n) is 2.97. The van der Waals surface area contributed by atoms with Crippen LogP contribution in [0.5, 0.6) is 0 Å². The van der Waals surface area contributed by atoms with Crippen molar-refractivity contribution in [2.24, 2.45) is 0 Å². The minimum Gasteiger partial charge on any atom is -0.478 e. The van der Waals surface area contributed by atoms with Crippen LogP contribution in [-0.2, 0) is 0 Å². The molecule has 0 atom stereocenters. The van der Waals surface area contributed by atoms with Gasteiger partial charge in [0, 0.05) is 11.4 Å². The smallest absolute Gasteiger partial charge is 0.336 e. The monoisotopic (exact) mass is 275 g/mol. The highest BCUT2D eigenvalue weighted by Gasteiger charge is 2.10. The lowest BCUT2D eigenvalue weighted by molar-refractivity contribution is 0.0695. The van der Waals surface area contributed by atoms with E-state index in [2.05, 4.69) is 20.9 Å². The van der Waals surface area contributed by atoms with Gasteiger partial charge in [-0.1, -0.05) is 13.8 Å². The summed E-state index contributed by atoms with van der Waals surface area (Å²) in [5, 5.41) is 9.99. The van der Waals surface area contributed by atoms with Crippen LogP contribution in [0.3, 0.4) is 0 Å². The van der Waals surface area contributed by atoms with Crippen LogP contribution in [0.4, 0.5) is 0 Å². The number of aromatic nitrogens is 1. The highest BCUT2D eigenvalue weighted by Crippen LogP contribution is 2.24. The van der Waals surface area contributed by atoms with Crippen LogP contribution in [0, 0.1) is 0 Å². The van der Waals surface area contributed by atoms with Crippen LogP contribution in [0.15, 0.2) is 21.8 Å². The Kier molecular flexibility index (Phi) is 3.95. The third kappa shape index (κ3) is 2.99. The Morgan fingerprint density at radius 2 is 2.29 bits per heavy atom. The van der Waals surface area contributed by atoms with Crippen molar-refractivity contribution in [3.05, 3.63) is 22.3 Å². The predicted molar refractivity (Wildman–Crippen MR) is 59.9 cm³/mol. The number of thioether (sulfide) groups is 1. The molecule has 0 aliphatic carbocycles. The molecule has 0 radical (unpaired) electrons. The average Bonchev–Trinajstić information content (AvgIpc) is 2.07. The van der Waals surface area contributed by atoms with E-state index in [9.17, 15) is 4.79 Å². The highest BCUT2D eigenvalue weighted by molar-refractivity contribution is 9.10. The molecular weight excluding hydrogens is 266 g/mol. The van der Waals surface area contributed by atoms with Crippen LogP contribution in [0.25, 0.3) is 0 Å². The first-order valence-corrected chi connectivity index (χ1v) is 5.73. The number of aromatic carboxylic acids is 1. The summed E-state index contributed by atoms with van der Waals surface area (Å²) in [6, 6.07) is 1.58. The second kappa shape index (κ2) is 4.79. The van der Waals surface area contributed by atoms with Crippen molar-refractivity contribution in [2.45, 2.75) is 24.1 Å². The van der Waals surface area contributed by atoms with Crippen molar-refractivity contribution < 1.29 is 9.90 Å². The van der Waals surface area contributed by atoms with Crippen molar-refractivity contribution in [3.8, 4) is 0 Å². The number of carboxylic acids is 1. The summed E-state index contributed by atoms with van der Waals surface area (Å²) in [4.78, 5) is 14.9. The van der Waals surface area contributed by atoms with Gasteiger partial charge in [0.2, 0.25) is 0 Å². The summed E-state index contributed by atoms with van der Waals surface area (Å²) < 4.78 is 0.512. The minimum absolute atomic E-state index is 0.253. The van der Waals surface area contributed by atoms with E-state index in [-0.39, 0.29) is 5.56 Å². The molecule has 0 aliphatic rings. The largest absolute Gasteiger partial charge is 0.478 e. The molecule has 0 aliphatic heterocycles. The number of nitrogens with zero attached hydrogens (tertiary/aromatic N) is 1. The lowest BCUT2D eigenvalue weighted by atomic mass is 10.3. The van der Waals surface area contributed by atoms with Crippen LogP contribution in [0.1, 0.15) is 24.2 Å². The molecule has 0 spiro atoms. The molecule has 1 rings (SSSR count). The predicted octanol–water partition coefficient (Wildman–Crippen LogP) is 3.04. The molecule has 0 aromatic carbocycles. The Morgan fingerprint density at radius 3 is 2.79 bits per heavy atom. The van der Waals surface area contributed by atoms with Crippen molar-refractivity contribution in [1.82, 2.24) is 4.98 Å². The van der Waals surface area contributed by atoms with E-state index >= 15 is 0 Å². The summed E-state index contributed by atoms with van der Waals surface area (Å²) >= 11 is 4.69. The lowest BCUT2D eigenvalue weighted by Crippen LogP contribution is -1.99. The molecule has 5 heteroatoms. The van der Waals surface area contributed by atoms with Gasteiger partial charge in [0.05, 0.1) is 15.1 Å². The molecule has 0 bridgehead atoms. The van der Waals surface area contributed by atoms with E-state index in [0.717, 1.165) is 5.03 Å². The van der Waals surface area contributed by atoms with E-state index in [1.807, 2.05) is 13.8 Å². The van der Waals surface area contributed by atoms with Gasteiger partial charge in [0.25, 0.3) is 0 Å². The molecule has 1 N–H and O–H groups in total. The Morgan fingerprint density at radius 1 is 1.64 bits per heavy atom. The van der Waals surface area contributed by atoms with Gasteiger partial charge >= 0.3 is 5.97 Å². The molecule has 0 amide bonds. The fourth-order valence-corrected chi connectivity index (χ4v) is 2.06. The van der Waals surface area contributed by atoms with Gasteiger partial charge < -0.3 is 5.11 Å². The summed E-state index contributed by atoms with van der Waals surface area (Å²) in [6.07, 6.45) is 1.52. The maximum atomic E-state index is 10.8. The zero-order valence-corrected chi connectivity index (χ0v) is 10.2. The zero-order chi connectivity index (χ0) is 10.7. The topological polar surface area (TPSA) is 50.2 Å². The van der Waals surface area contributed by atoms with Gasteiger partial charge in [-0.15, -0.1) is 11.8 Å². The van der Waals surface area contributed by atoms with E-state index < -0.39 is 5.97 Å². The zero-order valence-electron chi connectivity index (χ0n) is 7.82. The van der Waals surface area contributed by atoms with Gasteiger partial charge in [-0.05, 0) is 22.0 Å². The van der Waals surface area contributed by atoms with Crippen LogP contribution >= 0.6 is 27.7 Å². The van der Waals surface area contributed by atoms with Gasteiger partial charge in [0.1, 0.15) is 0 Å². The molecule has 1 heterocycles. The van der Waals surface area contributed by atoms with Gasteiger partial charge in [-0.2, -0.15) is 0 Å². The Bertz CT molecular complexity index is 355. The SMILES string of the molecule is CC(C)Sc1cc(C(=O)O)c(Br)cn1. The van der Waals surface area contributed by atoms with E-state index in [0.29, 0.717) is 9.72 Å². The molecular formula is C9H10BrNO2S. The quantitative estimate of drug-likeness (QED) is 0.862. The van der Waals surface area contributed by atoms with Gasteiger partial charge in [0.15, 0.2) is 0 Å². The summed E-state index contributed by atoms with van der Waals surface area (Å²) in [5.74, 6) is -0.940. The standard InChI is InChI=1S/C9H10BrNO2S/c1-5(2)14-8-3-6(9(12)13)7(10)4-11-8/h3-5H,1-2H3,(H,12,13). The summed E-state index contributed by atoms with van der Waals surface area (Å²) in [5.41, 5.74) is 0.253. The van der Waals surface area contributed by atoms with Crippen molar-refractivity contribution in [2.75, 3.05) is 0 Å². The lowest BCUT2D eigenvalue weighted by Gasteiger charge is -2.05. The first-order chi connectivity index (χ1) is 6.50. The van der Waals surface area contributed by atoms with Crippen molar-refractivity contribution in [1.29, 1.82) is 0 Å². The maximum absolute atomic E-state index is 10.8. The maximum Gasteiger partial charge on any atom is 0.336 e. The molecule has 3 nitrogen and oxygen atoms in total. The molecule has 1 aromatic rings. The molecule has 0 saturated carbocycles. The Labute approximate surface area is 95.1 Å². The molecule has 0 saturated heterocycles. The molecule has 14 heavy (non-hydrogen) atoms. The van der Waals surface area contributed by atoms with Crippen LogP contribution in [-0.4, -0.2) is 21.3 Å². The number of rotatable bonds is 3. The van der Waals surface area contributed by atoms with Gasteiger partial charge in [-0.3, -0.25) is 0 Å².